The number of hydrogen-bond donors (Lipinski definition) is 2. The average Bonchev–Trinajstić information content (AvgIpc) is 2.54. The van der Waals surface area contributed by atoms with E-state index >= 15 is 0 Å². The lowest BCUT2D eigenvalue weighted by Crippen LogP contribution is -2.45. The van der Waals surface area contributed by atoms with Crippen LogP contribution in [0.3, 0.4) is 0 Å². The molecule has 0 spiro atoms. The highest BCUT2D eigenvalue weighted by atomic mass is 16.2. The van der Waals surface area contributed by atoms with E-state index in [9.17, 15) is 9.59 Å². The van der Waals surface area contributed by atoms with Crippen LogP contribution >= 0.6 is 0 Å². The normalized spacial score (nSPS) is 18.0. The second kappa shape index (κ2) is 8.82. The van der Waals surface area contributed by atoms with Crippen LogP contribution < -0.4 is 10.6 Å². The third-order valence-electron chi connectivity index (χ3n) is 4.16. The summed E-state index contributed by atoms with van der Waals surface area (Å²) in [5.74, 6) is 0.621. The van der Waals surface area contributed by atoms with Gasteiger partial charge in [-0.05, 0) is 37.3 Å². The molecule has 4 heteroatoms. The summed E-state index contributed by atoms with van der Waals surface area (Å²) in [6, 6.07) is 8.00. The van der Waals surface area contributed by atoms with Crippen LogP contribution in [0.4, 0.5) is 0 Å². The highest BCUT2D eigenvalue weighted by Gasteiger charge is 2.16. The van der Waals surface area contributed by atoms with Crippen molar-refractivity contribution in [3.63, 3.8) is 0 Å². The Morgan fingerprint density at radius 2 is 1.96 bits per heavy atom. The van der Waals surface area contributed by atoms with Crippen LogP contribution in [0.25, 0.3) is 0 Å². The van der Waals surface area contributed by atoms with Crippen molar-refractivity contribution < 1.29 is 9.59 Å². The van der Waals surface area contributed by atoms with Crippen LogP contribution in [0.1, 0.15) is 55.5 Å². The molecule has 0 aliphatic carbocycles. The Labute approximate surface area is 139 Å². The fraction of sp³-hybridized carbons (Fsp3) is 0.579. The Kier molecular flexibility index (Phi) is 6.78. The average molecular weight is 316 g/mol. The van der Waals surface area contributed by atoms with Gasteiger partial charge in [0.1, 0.15) is 0 Å². The van der Waals surface area contributed by atoms with Crippen LogP contribution in [-0.2, 0) is 11.2 Å². The minimum absolute atomic E-state index is 0.0246. The molecule has 1 fully saturated rings. The summed E-state index contributed by atoms with van der Waals surface area (Å²) in [6.07, 6.45) is 3.67. The topological polar surface area (TPSA) is 58.2 Å². The van der Waals surface area contributed by atoms with Gasteiger partial charge >= 0.3 is 0 Å². The van der Waals surface area contributed by atoms with Gasteiger partial charge in [-0.25, -0.2) is 0 Å². The van der Waals surface area contributed by atoms with Crippen LogP contribution in [0.15, 0.2) is 24.3 Å². The Balaban J connectivity index is 1.76. The van der Waals surface area contributed by atoms with Crippen LogP contribution in [0, 0.1) is 5.92 Å². The van der Waals surface area contributed by atoms with E-state index in [1.165, 1.54) is 5.56 Å². The molecule has 1 aliphatic heterocycles. The summed E-state index contributed by atoms with van der Waals surface area (Å²) in [6.45, 7) is 6.22. The van der Waals surface area contributed by atoms with Crippen molar-refractivity contribution in [1.29, 1.82) is 0 Å². The highest BCUT2D eigenvalue weighted by molar-refractivity contribution is 5.98. The smallest absolute Gasteiger partial charge is 0.220 e. The Hall–Kier alpha value is -1.68. The summed E-state index contributed by atoms with van der Waals surface area (Å²) < 4.78 is 0. The molecule has 1 atom stereocenters. The number of nitrogens with one attached hydrogen (secondary N) is 2. The van der Waals surface area contributed by atoms with Crippen molar-refractivity contribution >= 4 is 11.7 Å². The van der Waals surface area contributed by atoms with Crippen LogP contribution in [0.2, 0.25) is 0 Å². The summed E-state index contributed by atoms with van der Waals surface area (Å²) in [7, 11) is 0. The zero-order chi connectivity index (χ0) is 16.7. The first-order chi connectivity index (χ1) is 11.0. The van der Waals surface area contributed by atoms with Crippen molar-refractivity contribution in [2.45, 2.75) is 52.0 Å². The highest BCUT2D eigenvalue weighted by Crippen LogP contribution is 2.12. The van der Waals surface area contributed by atoms with E-state index < -0.39 is 0 Å². The first-order valence-electron chi connectivity index (χ1n) is 8.67. The van der Waals surface area contributed by atoms with Gasteiger partial charge in [0.05, 0.1) is 0 Å². The van der Waals surface area contributed by atoms with Crippen LogP contribution in [-0.4, -0.2) is 30.8 Å². The van der Waals surface area contributed by atoms with Gasteiger partial charge in [0, 0.05) is 31.0 Å². The van der Waals surface area contributed by atoms with E-state index in [-0.39, 0.29) is 30.6 Å². The molecule has 1 aromatic carbocycles. The molecule has 0 radical (unpaired) electrons. The van der Waals surface area contributed by atoms with Crippen molar-refractivity contribution in [1.82, 2.24) is 10.6 Å². The lowest BCUT2D eigenvalue weighted by atomic mass is 9.99. The fourth-order valence-electron chi connectivity index (χ4n) is 2.94. The number of carbonyl (C=O) groups is 2. The van der Waals surface area contributed by atoms with Gasteiger partial charge in [-0.15, -0.1) is 0 Å². The number of hydrogen-bond acceptors (Lipinski definition) is 3. The summed E-state index contributed by atoms with van der Waals surface area (Å²) in [5, 5.41) is 6.27. The monoisotopic (exact) mass is 316 g/mol. The minimum Gasteiger partial charge on any atom is -0.352 e. The van der Waals surface area contributed by atoms with Gasteiger partial charge in [0.25, 0.3) is 0 Å². The number of Topliss-reactive ketones (excluding diaryl/α,β-unsaturated/α-hetero) is 1. The first-order valence-corrected chi connectivity index (χ1v) is 8.67. The van der Waals surface area contributed by atoms with Crippen molar-refractivity contribution in [3.8, 4) is 0 Å². The molecule has 4 nitrogen and oxygen atoms in total. The molecule has 1 aromatic rings. The standard InChI is InChI=1S/C19H28N2O2/c1-14(2)12-15-5-7-16(8-6-15)18(22)9-10-19(23)21-17-4-3-11-20-13-17/h5-8,14,17,20H,3-4,9-13H2,1-2H3,(H,21,23)/t17-/m0/s1. The molecular weight excluding hydrogens is 288 g/mol. The van der Waals surface area contributed by atoms with Gasteiger partial charge in [0.2, 0.25) is 5.91 Å². The van der Waals surface area contributed by atoms with Gasteiger partial charge in [0.15, 0.2) is 5.78 Å². The maximum atomic E-state index is 12.2. The van der Waals surface area contributed by atoms with Crippen LogP contribution in [0.5, 0.6) is 0 Å². The summed E-state index contributed by atoms with van der Waals surface area (Å²) in [4.78, 5) is 24.1. The Morgan fingerprint density at radius 1 is 1.22 bits per heavy atom. The molecule has 23 heavy (non-hydrogen) atoms. The van der Waals surface area contributed by atoms with E-state index in [2.05, 4.69) is 24.5 Å². The third-order valence-corrected chi connectivity index (χ3v) is 4.16. The Morgan fingerprint density at radius 3 is 2.57 bits per heavy atom. The lowest BCUT2D eigenvalue weighted by molar-refractivity contribution is -0.121. The lowest BCUT2D eigenvalue weighted by Gasteiger charge is -2.23. The van der Waals surface area contributed by atoms with E-state index in [1.807, 2.05) is 24.3 Å². The first kappa shape index (κ1) is 17.7. The number of benzene rings is 1. The predicted octanol–water partition coefficient (Wildman–Crippen LogP) is 2.72. The molecule has 0 unspecified atom stereocenters. The van der Waals surface area contributed by atoms with E-state index in [0.29, 0.717) is 11.5 Å². The molecular formula is C19H28N2O2. The zero-order valence-corrected chi connectivity index (χ0v) is 14.2. The molecule has 0 aromatic heterocycles. The van der Waals surface area contributed by atoms with E-state index in [4.69, 9.17) is 0 Å². The predicted molar refractivity (Wildman–Crippen MR) is 92.6 cm³/mol. The second-order valence-electron chi connectivity index (χ2n) is 6.83. The molecule has 2 N–H and O–H groups in total. The number of rotatable bonds is 7. The second-order valence-corrected chi connectivity index (χ2v) is 6.83. The van der Waals surface area contributed by atoms with E-state index in [0.717, 1.165) is 32.4 Å². The fourth-order valence-corrected chi connectivity index (χ4v) is 2.94. The SMILES string of the molecule is CC(C)Cc1ccc(C(=O)CCC(=O)N[C@H]2CCCNC2)cc1. The van der Waals surface area contributed by atoms with Crippen molar-refractivity contribution in [2.24, 2.45) is 5.92 Å². The maximum Gasteiger partial charge on any atom is 0.220 e. The largest absolute Gasteiger partial charge is 0.352 e. The van der Waals surface area contributed by atoms with Crippen molar-refractivity contribution in [3.05, 3.63) is 35.4 Å². The van der Waals surface area contributed by atoms with Gasteiger partial charge in [-0.3, -0.25) is 9.59 Å². The number of ketones is 1. The molecule has 1 amide bonds. The zero-order valence-electron chi connectivity index (χ0n) is 14.2. The number of piperidine rings is 1. The summed E-state index contributed by atoms with van der Waals surface area (Å²) in [5.41, 5.74) is 1.95. The molecule has 0 saturated carbocycles. The quantitative estimate of drug-likeness (QED) is 0.761. The minimum atomic E-state index is -0.0246. The third kappa shape index (κ3) is 6.14. The molecule has 126 valence electrons. The molecule has 2 rings (SSSR count). The summed E-state index contributed by atoms with van der Waals surface area (Å²) >= 11 is 0. The molecule has 0 bridgehead atoms. The maximum absolute atomic E-state index is 12.2. The number of amides is 1. The molecule has 1 heterocycles. The van der Waals surface area contributed by atoms with Gasteiger partial charge in [-0.1, -0.05) is 38.1 Å². The molecule has 1 saturated heterocycles. The molecule has 1 aliphatic rings. The Bertz CT molecular complexity index is 517. The van der Waals surface area contributed by atoms with Gasteiger partial charge < -0.3 is 10.6 Å². The van der Waals surface area contributed by atoms with Crippen molar-refractivity contribution in [2.75, 3.05) is 13.1 Å². The van der Waals surface area contributed by atoms with E-state index in [1.54, 1.807) is 0 Å². The number of carbonyl (C=O) groups excluding carboxylic acids is 2. The van der Waals surface area contributed by atoms with Gasteiger partial charge in [-0.2, -0.15) is 0 Å².